The van der Waals surface area contributed by atoms with Crippen molar-refractivity contribution in [1.82, 2.24) is 4.57 Å². The van der Waals surface area contributed by atoms with E-state index in [2.05, 4.69) is 137 Å². The SMILES string of the molecule is c1ccc2cc(Nc3ccc4c(c3)c3ccccc3n4-c3cccc4ccccc34)ccc2c1. The monoisotopic (exact) mass is 434 g/mol. The number of hydrogen-bond acceptors (Lipinski definition) is 1. The molecule has 34 heavy (non-hydrogen) atoms. The molecule has 0 fully saturated rings. The Labute approximate surface area is 197 Å². The van der Waals surface area contributed by atoms with Crippen molar-refractivity contribution >= 4 is 54.7 Å². The minimum atomic E-state index is 1.09. The molecule has 0 unspecified atom stereocenters. The van der Waals surface area contributed by atoms with Crippen molar-refractivity contribution in [3.63, 3.8) is 0 Å². The maximum Gasteiger partial charge on any atom is 0.0542 e. The van der Waals surface area contributed by atoms with Crippen LogP contribution in [0.3, 0.4) is 0 Å². The fourth-order valence-electron chi connectivity index (χ4n) is 5.15. The fraction of sp³-hybridized carbons (Fsp3) is 0. The van der Waals surface area contributed by atoms with E-state index in [4.69, 9.17) is 0 Å². The molecular weight excluding hydrogens is 412 g/mol. The van der Waals surface area contributed by atoms with Crippen molar-refractivity contribution in [3.8, 4) is 5.69 Å². The van der Waals surface area contributed by atoms with Gasteiger partial charge in [0.25, 0.3) is 0 Å². The van der Waals surface area contributed by atoms with E-state index in [1.54, 1.807) is 0 Å². The largest absolute Gasteiger partial charge is 0.355 e. The summed E-state index contributed by atoms with van der Waals surface area (Å²) in [5, 5.41) is 11.1. The lowest BCUT2D eigenvalue weighted by Crippen LogP contribution is -1.95. The Morgan fingerprint density at radius 2 is 1.06 bits per heavy atom. The summed E-state index contributed by atoms with van der Waals surface area (Å²) < 4.78 is 2.40. The summed E-state index contributed by atoms with van der Waals surface area (Å²) >= 11 is 0. The highest BCUT2D eigenvalue weighted by atomic mass is 15.0. The van der Waals surface area contributed by atoms with Gasteiger partial charge in [-0.15, -0.1) is 0 Å². The Bertz CT molecular complexity index is 1840. The standard InChI is InChI=1S/C32H22N2/c1-2-10-24-20-25(17-16-22(24)8-1)33-26-18-19-32-29(21-26)28-13-5-6-14-31(28)34(32)30-15-7-11-23-9-3-4-12-27(23)30/h1-21,33H. The van der Waals surface area contributed by atoms with Crippen LogP contribution in [-0.2, 0) is 0 Å². The van der Waals surface area contributed by atoms with Gasteiger partial charge in [0.1, 0.15) is 0 Å². The minimum Gasteiger partial charge on any atom is -0.355 e. The zero-order valence-electron chi connectivity index (χ0n) is 18.6. The summed E-state index contributed by atoms with van der Waals surface area (Å²) in [6.45, 7) is 0. The van der Waals surface area contributed by atoms with Gasteiger partial charge in [0, 0.05) is 27.5 Å². The molecule has 0 saturated heterocycles. The lowest BCUT2D eigenvalue weighted by molar-refractivity contribution is 1.20. The van der Waals surface area contributed by atoms with E-state index in [1.165, 1.54) is 49.0 Å². The van der Waals surface area contributed by atoms with Crippen LogP contribution < -0.4 is 5.32 Å². The number of aromatic nitrogens is 1. The first kappa shape index (κ1) is 19.0. The topological polar surface area (TPSA) is 17.0 Å². The molecule has 2 nitrogen and oxygen atoms in total. The number of nitrogens with zero attached hydrogens (tertiary/aromatic N) is 1. The first-order valence-corrected chi connectivity index (χ1v) is 11.6. The molecule has 160 valence electrons. The second-order valence-electron chi connectivity index (χ2n) is 8.77. The zero-order valence-corrected chi connectivity index (χ0v) is 18.6. The second-order valence-corrected chi connectivity index (χ2v) is 8.77. The lowest BCUT2D eigenvalue weighted by Gasteiger charge is -2.12. The van der Waals surface area contributed by atoms with E-state index in [-0.39, 0.29) is 0 Å². The number of para-hydroxylation sites is 1. The quantitative estimate of drug-likeness (QED) is 0.294. The van der Waals surface area contributed by atoms with Gasteiger partial charge in [-0.2, -0.15) is 0 Å². The summed E-state index contributed by atoms with van der Waals surface area (Å²) in [7, 11) is 0. The molecule has 0 aliphatic carbocycles. The highest BCUT2D eigenvalue weighted by Crippen LogP contribution is 2.36. The average Bonchev–Trinajstić information content (AvgIpc) is 3.22. The molecule has 1 heterocycles. The summed E-state index contributed by atoms with van der Waals surface area (Å²) in [5.41, 5.74) is 5.82. The third-order valence-corrected chi connectivity index (χ3v) is 6.72. The number of rotatable bonds is 3. The average molecular weight is 435 g/mol. The normalized spacial score (nSPS) is 11.5. The number of anilines is 2. The Hall–Kier alpha value is -4.56. The van der Waals surface area contributed by atoms with Gasteiger partial charge in [-0.05, 0) is 58.6 Å². The van der Waals surface area contributed by atoms with Crippen molar-refractivity contribution in [2.75, 3.05) is 5.32 Å². The van der Waals surface area contributed by atoms with E-state index in [1.807, 2.05) is 0 Å². The van der Waals surface area contributed by atoms with Crippen molar-refractivity contribution in [2.24, 2.45) is 0 Å². The third kappa shape index (κ3) is 2.96. The highest BCUT2D eigenvalue weighted by Gasteiger charge is 2.14. The maximum absolute atomic E-state index is 3.62. The van der Waals surface area contributed by atoms with E-state index in [0.717, 1.165) is 11.4 Å². The predicted octanol–water partition coefficient (Wildman–Crippen LogP) is 8.83. The van der Waals surface area contributed by atoms with Crippen molar-refractivity contribution in [3.05, 3.63) is 127 Å². The van der Waals surface area contributed by atoms with Crippen LogP contribution in [0.2, 0.25) is 0 Å². The van der Waals surface area contributed by atoms with Crippen LogP contribution in [0.25, 0.3) is 49.0 Å². The first-order chi connectivity index (χ1) is 16.8. The molecule has 0 saturated carbocycles. The molecule has 0 spiro atoms. The molecule has 0 amide bonds. The predicted molar refractivity (Wildman–Crippen MR) is 146 cm³/mol. The molecule has 0 atom stereocenters. The Morgan fingerprint density at radius 1 is 0.412 bits per heavy atom. The summed E-state index contributed by atoms with van der Waals surface area (Å²) in [5.74, 6) is 0. The van der Waals surface area contributed by atoms with Crippen LogP contribution in [0, 0.1) is 0 Å². The molecule has 7 rings (SSSR count). The maximum atomic E-state index is 3.62. The summed E-state index contributed by atoms with van der Waals surface area (Å²) in [6.07, 6.45) is 0. The zero-order chi connectivity index (χ0) is 22.5. The Morgan fingerprint density at radius 3 is 1.97 bits per heavy atom. The van der Waals surface area contributed by atoms with E-state index < -0.39 is 0 Å². The summed E-state index contributed by atoms with van der Waals surface area (Å²) in [4.78, 5) is 0. The number of fused-ring (bicyclic) bond motifs is 5. The van der Waals surface area contributed by atoms with Gasteiger partial charge in [0.2, 0.25) is 0 Å². The van der Waals surface area contributed by atoms with Crippen molar-refractivity contribution < 1.29 is 0 Å². The van der Waals surface area contributed by atoms with Crippen LogP contribution in [-0.4, -0.2) is 4.57 Å². The third-order valence-electron chi connectivity index (χ3n) is 6.72. The van der Waals surface area contributed by atoms with E-state index >= 15 is 0 Å². The Balaban J connectivity index is 1.42. The first-order valence-electron chi connectivity index (χ1n) is 11.6. The minimum absolute atomic E-state index is 1.09. The lowest BCUT2D eigenvalue weighted by atomic mass is 10.1. The molecule has 0 radical (unpaired) electrons. The van der Waals surface area contributed by atoms with Crippen LogP contribution in [0.5, 0.6) is 0 Å². The fourth-order valence-corrected chi connectivity index (χ4v) is 5.15. The molecule has 1 N–H and O–H groups in total. The molecule has 2 heteroatoms. The molecule has 7 aromatic rings. The van der Waals surface area contributed by atoms with E-state index in [9.17, 15) is 0 Å². The summed E-state index contributed by atoms with van der Waals surface area (Å²) in [6, 6.07) is 45.5. The van der Waals surface area contributed by atoms with Crippen molar-refractivity contribution in [2.45, 2.75) is 0 Å². The van der Waals surface area contributed by atoms with E-state index in [0.29, 0.717) is 0 Å². The smallest absolute Gasteiger partial charge is 0.0542 e. The van der Waals surface area contributed by atoms with Crippen LogP contribution in [0.4, 0.5) is 11.4 Å². The van der Waals surface area contributed by atoms with Crippen LogP contribution >= 0.6 is 0 Å². The van der Waals surface area contributed by atoms with Gasteiger partial charge < -0.3 is 9.88 Å². The number of benzene rings is 6. The number of hydrogen-bond donors (Lipinski definition) is 1. The van der Waals surface area contributed by atoms with Crippen LogP contribution in [0.1, 0.15) is 0 Å². The molecular formula is C32H22N2. The van der Waals surface area contributed by atoms with Gasteiger partial charge in [0.15, 0.2) is 0 Å². The van der Waals surface area contributed by atoms with Crippen LogP contribution in [0.15, 0.2) is 127 Å². The molecule has 1 aromatic heterocycles. The molecule has 0 aliphatic rings. The highest BCUT2D eigenvalue weighted by molar-refractivity contribution is 6.11. The van der Waals surface area contributed by atoms with Gasteiger partial charge in [-0.3, -0.25) is 0 Å². The Kier molecular flexibility index (Phi) is 4.18. The second kappa shape index (κ2) is 7.50. The number of nitrogens with one attached hydrogen (secondary N) is 1. The molecule has 6 aromatic carbocycles. The van der Waals surface area contributed by atoms with Gasteiger partial charge in [-0.1, -0.05) is 84.9 Å². The van der Waals surface area contributed by atoms with Gasteiger partial charge >= 0.3 is 0 Å². The van der Waals surface area contributed by atoms with Crippen molar-refractivity contribution in [1.29, 1.82) is 0 Å². The van der Waals surface area contributed by atoms with Gasteiger partial charge in [0.05, 0.1) is 16.7 Å². The molecule has 0 aliphatic heterocycles. The molecule has 0 bridgehead atoms. The van der Waals surface area contributed by atoms with Gasteiger partial charge in [-0.25, -0.2) is 0 Å².